The highest BCUT2D eigenvalue weighted by Crippen LogP contribution is 2.33. The molecule has 0 saturated carbocycles. The lowest BCUT2D eigenvalue weighted by atomic mass is 9.88. The molecule has 1 atom stereocenters. The van der Waals surface area contributed by atoms with Crippen molar-refractivity contribution in [1.29, 1.82) is 0 Å². The van der Waals surface area contributed by atoms with Crippen LogP contribution < -0.4 is 9.64 Å². The Balaban J connectivity index is 1.73. The summed E-state index contributed by atoms with van der Waals surface area (Å²) >= 11 is 0. The van der Waals surface area contributed by atoms with Crippen LogP contribution in [0.1, 0.15) is 6.42 Å². The lowest BCUT2D eigenvalue weighted by molar-refractivity contribution is -0.151. The molecule has 2 aliphatic heterocycles. The molecule has 3 rings (SSSR count). The van der Waals surface area contributed by atoms with Gasteiger partial charge in [0, 0.05) is 20.2 Å². The van der Waals surface area contributed by atoms with Gasteiger partial charge in [0.25, 0.3) is 5.91 Å². The minimum Gasteiger partial charge on any atom is -0.482 e. The maximum atomic E-state index is 12.6. The molecule has 8 heteroatoms. The first-order chi connectivity index (χ1) is 12.0. The zero-order valence-corrected chi connectivity index (χ0v) is 13.9. The molecule has 1 aromatic carbocycles. The fourth-order valence-corrected chi connectivity index (χ4v) is 3.28. The molecule has 2 amide bonds. The molecular formula is C17H20N2O6. The van der Waals surface area contributed by atoms with Gasteiger partial charge in [0.2, 0.25) is 5.91 Å². The SMILES string of the molecule is COCC1(C(=O)O)CCN(C(=O)CN2C(=O)COc3ccccc32)C1. The van der Waals surface area contributed by atoms with Crippen molar-refractivity contribution < 1.29 is 29.0 Å². The quantitative estimate of drug-likeness (QED) is 0.825. The van der Waals surface area contributed by atoms with E-state index in [2.05, 4.69) is 0 Å². The first-order valence-electron chi connectivity index (χ1n) is 7.99. The number of nitrogens with zero attached hydrogens (tertiary/aromatic N) is 2. The molecule has 1 N–H and O–H groups in total. The van der Waals surface area contributed by atoms with Crippen LogP contribution in [-0.2, 0) is 19.1 Å². The summed E-state index contributed by atoms with van der Waals surface area (Å²) in [5, 5.41) is 9.49. The van der Waals surface area contributed by atoms with Gasteiger partial charge < -0.3 is 19.5 Å². The number of fused-ring (bicyclic) bond motifs is 1. The number of para-hydroxylation sites is 2. The predicted molar refractivity (Wildman–Crippen MR) is 87.4 cm³/mol. The van der Waals surface area contributed by atoms with Crippen LogP contribution in [0.15, 0.2) is 24.3 Å². The van der Waals surface area contributed by atoms with E-state index in [1.165, 1.54) is 16.9 Å². The number of amides is 2. The molecule has 25 heavy (non-hydrogen) atoms. The average Bonchev–Trinajstić information content (AvgIpc) is 3.03. The van der Waals surface area contributed by atoms with Gasteiger partial charge in [-0.25, -0.2) is 0 Å². The minimum absolute atomic E-state index is 0.0471. The first-order valence-corrected chi connectivity index (χ1v) is 7.99. The smallest absolute Gasteiger partial charge is 0.313 e. The lowest BCUT2D eigenvalue weighted by Gasteiger charge is -2.30. The van der Waals surface area contributed by atoms with Crippen LogP contribution in [0.4, 0.5) is 5.69 Å². The number of hydrogen-bond donors (Lipinski definition) is 1. The van der Waals surface area contributed by atoms with Gasteiger partial charge in [0.15, 0.2) is 6.61 Å². The lowest BCUT2D eigenvalue weighted by Crippen LogP contribution is -2.47. The number of anilines is 1. The fourth-order valence-electron chi connectivity index (χ4n) is 3.28. The van der Waals surface area contributed by atoms with E-state index in [9.17, 15) is 19.5 Å². The van der Waals surface area contributed by atoms with Crippen LogP contribution in [0.25, 0.3) is 0 Å². The van der Waals surface area contributed by atoms with Gasteiger partial charge in [-0.05, 0) is 18.6 Å². The number of carboxylic acids is 1. The molecule has 1 unspecified atom stereocenters. The van der Waals surface area contributed by atoms with Crippen molar-refractivity contribution in [3.05, 3.63) is 24.3 Å². The number of methoxy groups -OCH3 is 1. The van der Waals surface area contributed by atoms with Crippen molar-refractivity contribution in [2.45, 2.75) is 6.42 Å². The molecule has 1 saturated heterocycles. The highest BCUT2D eigenvalue weighted by Gasteiger charge is 2.46. The Kier molecular flexibility index (Phi) is 4.63. The van der Waals surface area contributed by atoms with Crippen molar-refractivity contribution in [3.8, 4) is 5.75 Å². The number of hydrogen-bond acceptors (Lipinski definition) is 5. The van der Waals surface area contributed by atoms with Crippen molar-refractivity contribution in [2.75, 3.05) is 44.9 Å². The molecule has 1 fully saturated rings. The van der Waals surface area contributed by atoms with Gasteiger partial charge in [0.1, 0.15) is 17.7 Å². The summed E-state index contributed by atoms with van der Waals surface area (Å²) < 4.78 is 10.4. The van der Waals surface area contributed by atoms with E-state index >= 15 is 0 Å². The Bertz CT molecular complexity index is 706. The normalized spacial score (nSPS) is 22.5. The molecule has 1 aromatic rings. The standard InChI is InChI=1S/C17H20N2O6/c1-24-11-17(16(22)23)6-7-18(10-17)14(20)8-19-12-4-2-3-5-13(12)25-9-15(19)21/h2-5H,6-11H2,1H3,(H,22,23). The minimum atomic E-state index is -1.09. The maximum absolute atomic E-state index is 12.6. The zero-order chi connectivity index (χ0) is 18.0. The second kappa shape index (κ2) is 6.72. The number of rotatable bonds is 5. The van der Waals surface area contributed by atoms with Crippen LogP contribution in [0.2, 0.25) is 0 Å². The third-order valence-corrected chi connectivity index (χ3v) is 4.68. The zero-order valence-electron chi connectivity index (χ0n) is 13.9. The number of aliphatic carboxylic acids is 1. The van der Waals surface area contributed by atoms with Crippen molar-refractivity contribution >= 4 is 23.5 Å². The number of benzene rings is 1. The van der Waals surface area contributed by atoms with Gasteiger partial charge in [-0.3, -0.25) is 19.3 Å². The fraction of sp³-hybridized carbons (Fsp3) is 0.471. The van der Waals surface area contributed by atoms with Crippen LogP contribution in [-0.4, -0.2) is 67.7 Å². The maximum Gasteiger partial charge on any atom is 0.313 e. The Hall–Kier alpha value is -2.61. The molecule has 0 spiro atoms. The molecule has 2 aliphatic rings. The number of ether oxygens (including phenoxy) is 2. The highest BCUT2D eigenvalue weighted by atomic mass is 16.5. The van der Waals surface area contributed by atoms with Gasteiger partial charge in [-0.1, -0.05) is 12.1 Å². The van der Waals surface area contributed by atoms with Crippen molar-refractivity contribution in [2.24, 2.45) is 5.41 Å². The second-order valence-corrected chi connectivity index (χ2v) is 6.32. The predicted octanol–water partition coefficient (Wildman–Crippen LogP) is 0.362. The van der Waals surface area contributed by atoms with Gasteiger partial charge >= 0.3 is 5.97 Å². The summed E-state index contributed by atoms with van der Waals surface area (Å²) in [5.74, 6) is -1.01. The largest absolute Gasteiger partial charge is 0.482 e. The summed E-state index contributed by atoms with van der Waals surface area (Å²) in [7, 11) is 1.44. The van der Waals surface area contributed by atoms with Crippen LogP contribution >= 0.6 is 0 Å². The topological polar surface area (TPSA) is 96.4 Å². The third-order valence-electron chi connectivity index (χ3n) is 4.68. The summed E-state index contributed by atoms with van der Waals surface area (Å²) in [4.78, 5) is 39.3. The van der Waals surface area contributed by atoms with Crippen molar-refractivity contribution in [3.63, 3.8) is 0 Å². The Morgan fingerprint density at radius 3 is 2.84 bits per heavy atom. The van der Waals surface area contributed by atoms with Gasteiger partial charge in [-0.15, -0.1) is 0 Å². The van der Waals surface area contributed by atoms with E-state index in [0.29, 0.717) is 24.4 Å². The second-order valence-electron chi connectivity index (χ2n) is 6.32. The highest BCUT2D eigenvalue weighted by molar-refractivity contribution is 6.02. The Morgan fingerprint density at radius 2 is 2.12 bits per heavy atom. The summed E-state index contributed by atoms with van der Waals surface area (Å²) in [6, 6.07) is 7.02. The first kappa shape index (κ1) is 17.2. The van der Waals surface area contributed by atoms with E-state index in [4.69, 9.17) is 9.47 Å². The number of carbonyl (C=O) groups is 3. The van der Waals surface area contributed by atoms with E-state index in [-0.39, 0.29) is 38.1 Å². The van der Waals surface area contributed by atoms with E-state index in [1.54, 1.807) is 24.3 Å². The Morgan fingerprint density at radius 1 is 1.36 bits per heavy atom. The molecule has 0 bridgehead atoms. The van der Waals surface area contributed by atoms with Crippen LogP contribution in [0.3, 0.4) is 0 Å². The molecule has 0 aromatic heterocycles. The monoisotopic (exact) mass is 348 g/mol. The number of carbonyl (C=O) groups excluding carboxylic acids is 2. The summed E-state index contributed by atoms with van der Waals surface area (Å²) in [6.07, 6.45) is 0.329. The summed E-state index contributed by atoms with van der Waals surface area (Å²) in [6.45, 7) is 0.199. The van der Waals surface area contributed by atoms with Crippen LogP contribution in [0.5, 0.6) is 5.75 Å². The average molecular weight is 348 g/mol. The molecule has 8 nitrogen and oxygen atoms in total. The van der Waals surface area contributed by atoms with E-state index < -0.39 is 11.4 Å². The van der Waals surface area contributed by atoms with E-state index in [1.807, 2.05) is 0 Å². The molecule has 0 aliphatic carbocycles. The van der Waals surface area contributed by atoms with Gasteiger partial charge in [0.05, 0.1) is 12.3 Å². The molecule has 134 valence electrons. The molecule has 2 heterocycles. The third kappa shape index (κ3) is 3.17. The number of likely N-dealkylation sites (tertiary alicyclic amines) is 1. The van der Waals surface area contributed by atoms with E-state index in [0.717, 1.165) is 0 Å². The molecule has 0 radical (unpaired) electrons. The Labute approximate surface area is 144 Å². The molecular weight excluding hydrogens is 328 g/mol. The van der Waals surface area contributed by atoms with Crippen molar-refractivity contribution in [1.82, 2.24) is 4.90 Å². The summed E-state index contributed by atoms with van der Waals surface area (Å²) in [5.41, 5.74) is -0.537. The number of carboxylic acid groups (broad SMARTS) is 1. The van der Waals surface area contributed by atoms with Gasteiger partial charge in [-0.2, -0.15) is 0 Å². The van der Waals surface area contributed by atoms with Crippen LogP contribution in [0, 0.1) is 5.41 Å².